The predicted octanol–water partition coefficient (Wildman–Crippen LogP) is 2.77. The second-order valence-corrected chi connectivity index (χ2v) is 7.15. The number of allylic oxidation sites excluding steroid dienone is 2. The lowest BCUT2D eigenvalue weighted by Crippen LogP contribution is -2.56. The van der Waals surface area contributed by atoms with Crippen molar-refractivity contribution in [3.8, 4) is 0 Å². The Morgan fingerprint density at radius 3 is 2.75 bits per heavy atom. The van der Waals surface area contributed by atoms with E-state index in [2.05, 4.69) is 11.1 Å². The molecule has 1 heterocycles. The lowest BCUT2D eigenvalue weighted by atomic mass is 9.84. The van der Waals surface area contributed by atoms with Crippen molar-refractivity contribution in [2.45, 2.75) is 64.0 Å². The minimum absolute atomic E-state index is 0.0860. The van der Waals surface area contributed by atoms with E-state index in [-0.39, 0.29) is 12.3 Å². The molecular weight excluding hydrogens is 304 g/mol. The van der Waals surface area contributed by atoms with Crippen LogP contribution in [-0.4, -0.2) is 32.8 Å². The molecule has 1 aromatic heterocycles. The molecule has 4 N–H and O–H groups in total. The van der Waals surface area contributed by atoms with Crippen LogP contribution in [0.1, 0.15) is 57.2 Å². The van der Waals surface area contributed by atoms with E-state index >= 15 is 0 Å². The van der Waals surface area contributed by atoms with E-state index in [9.17, 15) is 15.0 Å². The number of carboxylic acids is 1. The Balaban J connectivity index is 2.23. The molecule has 0 saturated carbocycles. The lowest BCUT2D eigenvalue weighted by Gasteiger charge is -2.30. The Labute approximate surface area is 143 Å². The summed E-state index contributed by atoms with van der Waals surface area (Å²) in [6, 6.07) is 2.98. The molecule has 0 aliphatic heterocycles. The van der Waals surface area contributed by atoms with Gasteiger partial charge in [0.05, 0.1) is 0 Å². The molecule has 0 amide bonds. The molecule has 0 unspecified atom stereocenters. The first-order valence-electron chi connectivity index (χ1n) is 8.68. The summed E-state index contributed by atoms with van der Waals surface area (Å²) in [4.78, 5) is 15.9. The van der Waals surface area contributed by atoms with Gasteiger partial charge in [-0.05, 0) is 61.3 Å². The minimum Gasteiger partial charge on any atom is -0.479 e. The number of carbonyl (C=O) groups is 1. The SMILES string of the molecule is CC(C)C[C@H](N)[C@](O)(Cc1cc(C2=CCCCC2)ccn1)C(=O)O. The highest BCUT2D eigenvalue weighted by Gasteiger charge is 2.43. The number of rotatable bonds is 7. The first kappa shape index (κ1) is 18.6. The molecule has 1 aliphatic rings. The van der Waals surface area contributed by atoms with E-state index in [1.807, 2.05) is 26.0 Å². The van der Waals surface area contributed by atoms with Crippen molar-refractivity contribution >= 4 is 11.5 Å². The number of hydrogen-bond donors (Lipinski definition) is 3. The van der Waals surface area contributed by atoms with Gasteiger partial charge < -0.3 is 15.9 Å². The number of aliphatic carboxylic acids is 1. The highest BCUT2D eigenvalue weighted by Crippen LogP contribution is 2.28. The first-order chi connectivity index (χ1) is 11.3. The van der Waals surface area contributed by atoms with Crippen LogP contribution in [-0.2, 0) is 11.2 Å². The van der Waals surface area contributed by atoms with Crippen molar-refractivity contribution in [3.05, 3.63) is 35.7 Å². The smallest absolute Gasteiger partial charge is 0.337 e. The van der Waals surface area contributed by atoms with Gasteiger partial charge in [-0.25, -0.2) is 4.79 Å². The molecule has 1 aliphatic carbocycles. The Morgan fingerprint density at radius 1 is 1.42 bits per heavy atom. The largest absolute Gasteiger partial charge is 0.479 e. The maximum absolute atomic E-state index is 11.7. The molecule has 0 spiro atoms. The second kappa shape index (κ2) is 7.90. The van der Waals surface area contributed by atoms with E-state index in [1.54, 1.807) is 6.20 Å². The summed E-state index contributed by atoms with van der Waals surface area (Å²) in [7, 11) is 0. The maximum Gasteiger partial charge on any atom is 0.337 e. The first-order valence-corrected chi connectivity index (χ1v) is 8.68. The molecule has 0 bridgehead atoms. The normalized spacial score (nSPS) is 18.8. The van der Waals surface area contributed by atoms with Crippen molar-refractivity contribution in [1.29, 1.82) is 0 Å². The molecule has 5 nitrogen and oxygen atoms in total. The van der Waals surface area contributed by atoms with E-state index in [0.29, 0.717) is 12.1 Å². The molecule has 1 aromatic rings. The number of nitrogens with zero attached hydrogens (tertiary/aromatic N) is 1. The molecule has 2 rings (SSSR count). The van der Waals surface area contributed by atoms with Crippen LogP contribution in [0.4, 0.5) is 0 Å². The van der Waals surface area contributed by atoms with Gasteiger partial charge >= 0.3 is 5.97 Å². The molecule has 24 heavy (non-hydrogen) atoms. The fraction of sp³-hybridized carbons (Fsp3) is 0.579. The number of hydrogen-bond acceptors (Lipinski definition) is 4. The third kappa shape index (κ3) is 4.42. The van der Waals surface area contributed by atoms with E-state index in [4.69, 9.17) is 5.73 Å². The number of aliphatic hydroxyl groups is 1. The van der Waals surface area contributed by atoms with Gasteiger partial charge in [0.1, 0.15) is 0 Å². The summed E-state index contributed by atoms with van der Waals surface area (Å²) in [6.45, 7) is 3.91. The Bertz CT molecular complexity index is 612. The van der Waals surface area contributed by atoms with Crippen LogP contribution in [0.2, 0.25) is 0 Å². The standard InChI is InChI=1S/C19H28N2O3/c1-13(2)10-17(20)19(24,18(22)23)12-16-11-15(8-9-21-16)14-6-4-3-5-7-14/h6,8-9,11,13,17,24H,3-5,7,10,12,20H2,1-2H3,(H,22,23)/t17-,19+/m0/s1. The van der Waals surface area contributed by atoms with E-state index < -0.39 is 17.6 Å². The Hall–Kier alpha value is -1.72. The molecule has 0 radical (unpaired) electrons. The Morgan fingerprint density at radius 2 is 2.17 bits per heavy atom. The summed E-state index contributed by atoms with van der Waals surface area (Å²) < 4.78 is 0. The summed E-state index contributed by atoms with van der Waals surface area (Å²) in [5, 5.41) is 20.2. The van der Waals surface area contributed by atoms with Crippen LogP contribution in [0, 0.1) is 5.92 Å². The summed E-state index contributed by atoms with van der Waals surface area (Å²) in [5.41, 5.74) is 6.90. The zero-order valence-electron chi connectivity index (χ0n) is 14.5. The number of pyridine rings is 1. The molecule has 132 valence electrons. The topological polar surface area (TPSA) is 96.4 Å². The predicted molar refractivity (Wildman–Crippen MR) is 94.4 cm³/mol. The number of carboxylic acid groups (broad SMARTS) is 1. The monoisotopic (exact) mass is 332 g/mol. The van der Waals surface area contributed by atoms with Gasteiger partial charge in [-0.2, -0.15) is 0 Å². The van der Waals surface area contributed by atoms with Gasteiger partial charge in [-0.15, -0.1) is 0 Å². The van der Waals surface area contributed by atoms with Crippen LogP contribution in [0.5, 0.6) is 0 Å². The van der Waals surface area contributed by atoms with Crippen molar-refractivity contribution in [2.24, 2.45) is 11.7 Å². The van der Waals surface area contributed by atoms with Crippen molar-refractivity contribution < 1.29 is 15.0 Å². The third-order valence-corrected chi connectivity index (χ3v) is 4.64. The molecule has 0 aromatic carbocycles. The second-order valence-electron chi connectivity index (χ2n) is 7.15. The number of nitrogens with two attached hydrogens (primary N) is 1. The van der Waals surface area contributed by atoms with Gasteiger partial charge in [-0.1, -0.05) is 19.9 Å². The Kier molecular flexibility index (Phi) is 6.13. The summed E-state index contributed by atoms with van der Waals surface area (Å²) >= 11 is 0. The van der Waals surface area contributed by atoms with E-state index in [1.165, 1.54) is 18.4 Å². The van der Waals surface area contributed by atoms with Crippen molar-refractivity contribution in [2.75, 3.05) is 0 Å². The van der Waals surface area contributed by atoms with Gasteiger partial charge in [0, 0.05) is 24.4 Å². The number of aromatic nitrogens is 1. The zero-order chi connectivity index (χ0) is 17.7. The fourth-order valence-electron chi connectivity index (χ4n) is 3.22. The summed E-state index contributed by atoms with van der Waals surface area (Å²) in [6.07, 6.45) is 8.74. The van der Waals surface area contributed by atoms with Crippen LogP contribution < -0.4 is 5.73 Å². The molecule has 0 saturated heterocycles. The summed E-state index contributed by atoms with van der Waals surface area (Å²) in [5.74, 6) is -1.09. The van der Waals surface area contributed by atoms with Crippen LogP contribution >= 0.6 is 0 Å². The van der Waals surface area contributed by atoms with Crippen LogP contribution in [0.15, 0.2) is 24.4 Å². The lowest BCUT2D eigenvalue weighted by molar-refractivity contribution is -0.161. The average molecular weight is 332 g/mol. The molecular formula is C19H28N2O3. The van der Waals surface area contributed by atoms with Gasteiger partial charge in [0.15, 0.2) is 5.60 Å². The zero-order valence-corrected chi connectivity index (χ0v) is 14.5. The van der Waals surface area contributed by atoms with Crippen LogP contribution in [0.25, 0.3) is 5.57 Å². The third-order valence-electron chi connectivity index (χ3n) is 4.64. The van der Waals surface area contributed by atoms with Crippen LogP contribution in [0.3, 0.4) is 0 Å². The van der Waals surface area contributed by atoms with Gasteiger partial charge in [0.2, 0.25) is 0 Å². The van der Waals surface area contributed by atoms with Gasteiger partial charge in [0.25, 0.3) is 0 Å². The molecule has 0 fully saturated rings. The maximum atomic E-state index is 11.7. The quantitative estimate of drug-likeness (QED) is 0.713. The minimum atomic E-state index is -2.00. The highest BCUT2D eigenvalue weighted by atomic mass is 16.4. The van der Waals surface area contributed by atoms with Crippen molar-refractivity contribution in [1.82, 2.24) is 4.98 Å². The molecule has 5 heteroatoms. The molecule has 2 atom stereocenters. The average Bonchev–Trinajstić information content (AvgIpc) is 2.55. The van der Waals surface area contributed by atoms with Crippen molar-refractivity contribution in [3.63, 3.8) is 0 Å². The fourth-order valence-corrected chi connectivity index (χ4v) is 3.22. The highest BCUT2D eigenvalue weighted by molar-refractivity contribution is 5.78. The van der Waals surface area contributed by atoms with E-state index in [0.717, 1.165) is 18.4 Å². The van der Waals surface area contributed by atoms with Gasteiger partial charge in [-0.3, -0.25) is 4.98 Å².